The lowest BCUT2D eigenvalue weighted by Gasteiger charge is -2.20. The van der Waals surface area contributed by atoms with Gasteiger partial charge >= 0.3 is 0 Å². The van der Waals surface area contributed by atoms with E-state index < -0.39 is 15.6 Å². The van der Waals surface area contributed by atoms with Crippen LogP contribution in [0.4, 0.5) is 0 Å². The summed E-state index contributed by atoms with van der Waals surface area (Å²) in [5.74, 6) is 0. The minimum atomic E-state index is -3.54. The van der Waals surface area contributed by atoms with Crippen LogP contribution in [0.1, 0.15) is 38.6 Å². The second-order valence-electron chi connectivity index (χ2n) is 6.04. The summed E-state index contributed by atoms with van der Waals surface area (Å²) in [6.07, 6.45) is 0.907. The first-order valence-electron chi connectivity index (χ1n) is 6.81. The number of sulfonamides is 1. The highest BCUT2D eigenvalue weighted by atomic mass is 32.2. The summed E-state index contributed by atoms with van der Waals surface area (Å²) in [6, 6.07) is 0. The zero-order chi connectivity index (χ0) is 15.6. The van der Waals surface area contributed by atoms with Crippen LogP contribution in [0.5, 0.6) is 0 Å². The summed E-state index contributed by atoms with van der Waals surface area (Å²) < 4.78 is 29.4. The van der Waals surface area contributed by atoms with Crippen molar-refractivity contribution in [3.8, 4) is 0 Å². The van der Waals surface area contributed by atoms with Gasteiger partial charge in [-0.1, -0.05) is 0 Å². The van der Waals surface area contributed by atoms with Crippen molar-refractivity contribution in [3.05, 3.63) is 11.4 Å². The van der Waals surface area contributed by atoms with Crippen LogP contribution in [-0.2, 0) is 16.6 Å². The third-order valence-corrected chi connectivity index (χ3v) is 4.83. The normalized spacial score (nSPS) is 12.9. The molecule has 0 bridgehead atoms. The Morgan fingerprint density at radius 3 is 2.35 bits per heavy atom. The van der Waals surface area contributed by atoms with E-state index in [0.29, 0.717) is 22.8 Å². The first-order chi connectivity index (χ1) is 9.08. The highest BCUT2D eigenvalue weighted by molar-refractivity contribution is 7.89. The molecule has 0 saturated carbocycles. The maximum absolute atomic E-state index is 12.5. The van der Waals surface area contributed by atoms with E-state index in [1.165, 1.54) is 0 Å². The molecule has 0 amide bonds. The zero-order valence-electron chi connectivity index (χ0n) is 13.2. The molecular formula is C13H26N4O2S. The first-order valence-corrected chi connectivity index (χ1v) is 8.29. The van der Waals surface area contributed by atoms with Gasteiger partial charge in [0.25, 0.3) is 0 Å². The largest absolute Gasteiger partial charge is 0.320 e. The van der Waals surface area contributed by atoms with Gasteiger partial charge in [0.1, 0.15) is 4.90 Å². The maximum atomic E-state index is 12.5. The molecule has 0 aromatic carbocycles. The number of aromatic nitrogens is 2. The van der Waals surface area contributed by atoms with Gasteiger partial charge in [0.15, 0.2) is 0 Å². The molecule has 0 saturated heterocycles. The number of nitrogens with zero attached hydrogens (tertiary/aromatic N) is 2. The molecule has 1 heterocycles. The number of nitrogens with one attached hydrogen (secondary N) is 2. The number of rotatable bonds is 6. The molecule has 7 heteroatoms. The maximum Gasteiger partial charge on any atom is 0.244 e. The van der Waals surface area contributed by atoms with Gasteiger partial charge in [-0.25, -0.2) is 13.1 Å². The van der Waals surface area contributed by atoms with E-state index in [1.807, 2.05) is 27.8 Å². The molecule has 0 aliphatic heterocycles. The lowest BCUT2D eigenvalue weighted by atomic mass is 10.1. The van der Waals surface area contributed by atoms with Gasteiger partial charge in [-0.15, -0.1) is 0 Å². The smallest absolute Gasteiger partial charge is 0.244 e. The van der Waals surface area contributed by atoms with Crippen LogP contribution in [0.25, 0.3) is 0 Å². The highest BCUT2D eigenvalue weighted by Crippen LogP contribution is 2.21. The molecule has 0 spiro atoms. The van der Waals surface area contributed by atoms with Gasteiger partial charge in [-0.05, 0) is 54.6 Å². The van der Waals surface area contributed by atoms with Gasteiger partial charge in [0.2, 0.25) is 10.0 Å². The Morgan fingerprint density at radius 2 is 1.85 bits per heavy atom. The molecule has 1 aromatic rings. The van der Waals surface area contributed by atoms with Gasteiger partial charge in [0.05, 0.1) is 11.4 Å². The van der Waals surface area contributed by atoms with Crippen molar-refractivity contribution < 1.29 is 8.42 Å². The highest BCUT2D eigenvalue weighted by Gasteiger charge is 2.28. The summed E-state index contributed by atoms with van der Waals surface area (Å²) in [6.45, 7) is 10.6. The molecule has 6 nitrogen and oxygen atoms in total. The molecule has 20 heavy (non-hydrogen) atoms. The zero-order valence-corrected chi connectivity index (χ0v) is 14.1. The van der Waals surface area contributed by atoms with Crippen molar-refractivity contribution in [1.82, 2.24) is 19.8 Å². The van der Waals surface area contributed by atoms with Crippen LogP contribution < -0.4 is 10.0 Å². The summed E-state index contributed by atoms with van der Waals surface area (Å²) in [4.78, 5) is 0.303. The topological polar surface area (TPSA) is 76.0 Å². The summed E-state index contributed by atoms with van der Waals surface area (Å²) in [5, 5.41) is 7.42. The first kappa shape index (κ1) is 17.1. The minimum Gasteiger partial charge on any atom is -0.320 e. The van der Waals surface area contributed by atoms with Crippen LogP contribution in [-0.4, -0.2) is 37.3 Å². The van der Waals surface area contributed by atoms with Crippen molar-refractivity contribution in [3.63, 3.8) is 0 Å². The van der Waals surface area contributed by atoms with Crippen molar-refractivity contribution in [2.45, 2.75) is 58.0 Å². The SMILES string of the molecule is CNCCCn1nc(C)c(S(=O)(=O)NC(C)(C)C)c1C. The Morgan fingerprint density at radius 1 is 1.25 bits per heavy atom. The van der Waals surface area contributed by atoms with E-state index >= 15 is 0 Å². The van der Waals surface area contributed by atoms with Crippen LogP contribution >= 0.6 is 0 Å². The van der Waals surface area contributed by atoms with Crippen molar-refractivity contribution in [2.24, 2.45) is 0 Å². The lowest BCUT2D eigenvalue weighted by Crippen LogP contribution is -2.40. The Kier molecular flexibility index (Phi) is 5.34. The third kappa shape index (κ3) is 4.29. The van der Waals surface area contributed by atoms with E-state index in [2.05, 4.69) is 15.1 Å². The molecule has 0 aliphatic carbocycles. The second kappa shape index (κ2) is 6.24. The fourth-order valence-corrected chi connectivity index (χ4v) is 3.98. The summed E-state index contributed by atoms with van der Waals surface area (Å²) in [5.41, 5.74) is 0.727. The van der Waals surface area contributed by atoms with E-state index in [9.17, 15) is 8.42 Å². The number of aryl methyl sites for hydroxylation is 2. The molecule has 1 aromatic heterocycles. The standard InChI is InChI=1S/C13H26N4O2S/c1-10-12(20(18,19)16-13(3,4)5)11(2)17(15-10)9-7-8-14-6/h14,16H,7-9H2,1-6H3. The Bertz CT molecular complexity index is 556. The molecule has 0 fully saturated rings. The average molecular weight is 302 g/mol. The van der Waals surface area contributed by atoms with Crippen molar-refractivity contribution >= 4 is 10.0 Å². The van der Waals surface area contributed by atoms with E-state index in [-0.39, 0.29) is 0 Å². The summed E-state index contributed by atoms with van der Waals surface area (Å²) in [7, 11) is -1.64. The lowest BCUT2D eigenvalue weighted by molar-refractivity contribution is 0.490. The molecule has 0 radical (unpaired) electrons. The quantitative estimate of drug-likeness (QED) is 0.774. The van der Waals surface area contributed by atoms with Crippen LogP contribution in [0.15, 0.2) is 4.90 Å². The van der Waals surface area contributed by atoms with Gasteiger partial charge in [-0.2, -0.15) is 5.10 Å². The van der Waals surface area contributed by atoms with Crippen molar-refractivity contribution in [2.75, 3.05) is 13.6 Å². The third-order valence-electron chi connectivity index (χ3n) is 2.82. The Labute approximate surface area is 122 Å². The predicted octanol–water partition coefficient (Wildman–Crippen LogP) is 1.19. The van der Waals surface area contributed by atoms with E-state index in [0.717, 1.165) is 13.0 Å². The van der Waals surface area contributed by atoms with Crippen molar-refractivity contribution in [1.29, 1.82) is 0 Å². The molecule has 2 N–H and O–H groups in total. The Hall–Kier alpha value is -0.920. The molecule has 0 aliphatic rings. The molecule has 116 valence electrons. The van der Waals surface area contributed by atoms with E-state index in [1.54, 1.807) is 18.5 Å². The number of hydrogen-bond acceptors (Lipinski definition) is 4. The average Bonchev–Trinajstić information content (AvgIpc) is 2.51. The number of hydrogen-bond donors (Lipinski definition) is 2. The monoisotopic (exact) mass is 302 g/mol. The molecular weight excluding hydrogens is 276 g/mol. The fourth-order valence-electron chi connectivity index (χ4n) is 2.15. The van der Waals surface area contributed by atoms with Crippen LogP contribution in [0, 0.1) is 13.8 Å². The Balaban J connectivity index is 3.07. The molecule has 0 unspecified atom stereocenters. The molecule has 0 atom stereocenters. The van der Waals surface area contributed by atoms with E-state index in [4.69, 9.17) is 0 Å². The van der Waals surface area contributed by atoms with Crippen LogP contribution in [0.2, 0.25) is 0 Å². The summed E-state index contributed by atoms with van der Waals surface area (Å²) >= 11 is 0. The van der Waals surface area contributed by atoms with Gasteiger partial charge < -0.3 is 5.32 Å². The van der Waals surface area contributed by atoms with Gasteiger partial charge in [0, 0.05) is 12.1 Å². The predicted molar refractivity (Wildman–Crippen MR) is 80.3 cm³/mol. The fraction of sp³-hybridized carbons (Fsp3) is 0.769. The minimum absolute atomic E-state index is 0.303. The molecule has 1 rings (SSSR count). The second-order valence-corrected chi connectivity index (χ2v) is 7.65. The van der Waals surface area contributed by atoms with Gasteiger partial charge in [-0.3, -0.25) is 4.68 Å². The van der Waals surface area contributed by atoms with Crippen LogP contribution in [0.3, 0.4) is 0 Å².